The smallest absolute Gasteiger partial charge is 0.326 e. The van der Waals surface area contributed by atoms with Crippen molar-refractivity contribution in [1.29, 1.82) is 0 Å². The van der Waals surface area contributed by atoms with Crippen LogP contribution in [0.5, 0.6) is 0 Å². The van der Waals surface area contributed by atoms with Crippen molar-refractivity contribution < 1.29 is 29.1 Å². The Morgan fingerprint density at radius 1 is 0.778 bits per heavy atom. The third-order valence-corrected chi connectivity index (χ3v) is 5.97. The average Bonchev–Trinajstić information content (AvgIpc) is 2.83. The second kappa shape index (κ2) is 18.5. The first-order chi connectivity index (χ1) is 17.0. The standard InChI is InChI=1S/C23H45N7O6/c1-3-14(2)19(22(34)29-17(23(35)36)10-11-18(27)31)30-21(33)16(9-5-7-13-25)28-20(32)15(26)8-4-6-12-24/h14-17,19H,3-13,24-26H2,1-2H3,(H2,27,31)(H,28,32)(H,29,34)(H,30,33)(H,35,36). The van der Waals surface area contributed by atoms with E-state index in [9.17, 15) is 29.1 Å². The first-order valence-electron chi connectivity index (χ1n) is 12.6. The lowest BCUT2D eigenvalue weighted by Crippen LogP contribution is -2.58. The zero-order valence-corrected chi connectivity index (χ0v) is 21.5. The number of rotatable bonds is 20. The fraction of sp³-hybridized carbons (Fsp3) is 0.783. The normalized spacial score (nSPS) is 15.1. The summed E-state index contributed by atoms with van der Waals surface area (Å²) < 4.78 is 0. The second-order valence-electron chi connectivity index (χ2n) is 9.01. The van der Waals surface area contributed by atoms with Gasteiger partial charge in [-0.05, 0) is 57.5 Å². The molecule has 12 N–H and O–H groups in total. The Morgan fingerprint density at radius 2 is 1.33 bits per heavy atom. The van der Waals surface area contributed by atoms with Crippen molar-refractivity contribution in [2.45, 2.75) is 95.8 Å². The summed E-state index contributed by atoms with van der Waals surface area (Å²) in [6.07, 6.45) is 3.40. The quantitative estimate of drug-likeness (QED) is 0.0870. The van der Waals surface area contributed by atoms with E-state index in [0.29, 0.717) is 45.2 Å². The Bertz CT molecular complexity index is 721. The summed E-state index contributed by atoms with van der Waals surface area (Å²) in [6.45, 7) is 4.46. The Hall–Kier alpha value is -2.77. The minimum absolute atomic E-state index is 0.183. The molecular weight excluding hydrogens is 470 g/mol. The lowest BCUT2D eigenvalue weighted by atomic mass is 9.96. The molecule has 0 saturated heterocycles. The van der Waals surface area contributed by atoms with Crippen molar-refractivity contribution in [2.75, 3.05) is 13.1 Å². The van der Waals surface area contributed by atoms with Gasteiger partial charge in [0.15, 0.2) is 0 Å². The number of unbranched alkanes of at least 4 members (excludes halogenated alkanes) is 2. The minimum atomic E-state index is -1.35. The molecule has 5 unspecified atom stereocenters. The zero-order chi connectivity index (χ0) is 27.7. The maximum absolute atomic E-state index is 13.2. The molecule has 0 aromatic carbocycles. The van der Waals surface area contributed by atoms with Crippen LogP contribution in [0.2, 0.25) is 0 Å². The predicted octanol–water partition coefficient (Wildman–Crippen LogP) is -1.58. The maximum atomic E-state index is 13.2. The monoisotopic (exact) mass is 515 g/mol. The van der Waals surface area contributed by atoms with Gasteiger partial charge in [0.05, 0.1) is 6.04 Å². The van der Waals surface area contributed by atoms with Gasteiger partial charge in [-0.25, -0.2) is 4.79 Å². The SMILES string of the molecule is CCC(C)C(NC(=O)C(CCCCN)NC(=O)C(N)CCCCN)C(=O)NC(CCC(N)=O)C(=O)O. The van der Waals surface area contributed by atoms with Gasteiger partial charge in [-0.2, -0.15) is 0 Å². The lowest BCUT2D eigenvalue weighted by molar-refractivity contribution is -0.143. The van der Waals surface area contributed by atoms with E-state index in [0.717, 1.165) is 6.42 Å². The molecule has 0 saturated carbocycles. The molecule has 13 heteroatoms. The Labute approximate surface area is 212 Å². The fourth-order valence-corrected chi connectivity index (χ4v) is 3.44. The number of amides is 4. The van der Waals surface area contributed by atoms with Crippen LogP contribution in [0.25, 0.3) is 0 Å². The van der Waals surface area contributed by atoms with Crippen LogP contribution >= 0.6 is 0 Å². The van der Waals surface area contributed by atoms with E-state index < -0.39 is 53.8 Å². The molecule has 0 aromatic rings. The van der Waals surface area contributed by atoms with Crippen LogP contribution in [-0.2, 0) is 24.0 Å². The van der Waals surface area contributed by atoms with Gasteiger partial charge in [-0.1, -0.05) is 26.7 Å². The zero-order valence-electron chi connectivity index (χ0n) is 21.5. The van der Waals surface area contributed by atoms with Crippen molar-refractivity contribution in [2.24, 2.45) is 28.9 Å². The molecule has 0 heterocycles. The summed E-state index contributed by atoms with van der Waals surface area (Å²) in [4.78, 5) is 61.3. The van der Waals surface area contributed by atoms with Crippen LogP contribution in [0.3, 0.4) is 0 Å². The summed E-state index contributed by atoms with van der Waals surface area (Å²) in [5.41, 5.74) is 22.1. The molecule has 0 radical (unpaired) electrons. The van der Waals surface area contributed by atoms with Crippen LogP contribution in [0.15, 0.2) is 0 Å². The third kappa shape index (κ3) is 13.4. The summed E-state index contributed by atoms with van der Waals surface area (Å²) in [7, 11) is 0. The maximum Gasteiger partial charge on any atom is 0.326 e. The number of hydrogen-bond donors (Lipinski definition) is 8. The molecule has 4 amide bonds. The molecule has 0 rings (SSSR count). The number of aliphatic carboxylic acids is 1. The van der Waals surface area contributed by atoms with Crippen LogP contribution < -0.4 is 38.9 Å². The van der Waals surface area contributed by atoms with E-state index in [1.807, 2.05) is 6.92 Å². The van der Waals surface area contributed by atoms with Crippen molar-refractivity contribution in [3.05, 3.63) is 0 Å². The first kappa shape index (κ1) is 33.2. The van der Waals surface area contributed by atoms with Gasteiger partial charge in [0.1, 0.15) is 18.1 Å². The number of nitrogens with one attached hydrogen (secondary N) is 3. The largest absolute Gasteiger partial charge is 0.480 e. The van der Waals surface area contributed by atoms with Crippen molar-refractivity contribution in [3.8, 4) is 0 Å². The molecule has 208 valence electrons. The second-order valence-corrected chi connectivity index (χ2v) is 9.01. The number of nitrogens with two attached hydrogens (primary N) is 4. The van der Waals surface area contributed by atoms with Crippen LogP contribution in [0.1, 0.15) is 71.6 Å². The van der Waals surface area contributed by atoms with Crippen LogP contribution in [-0.4, -0.2) is 72.0 Å². The summed E-state index contributed by atoms with van der Waals surface area (Å²) in [5, 5.41) is 17.1. The lowest BCUT2D eigenvalue weighted by Gasteiger charge is -2.28. The first-order valence-corrected chi connectivity index (χ1v) is 12.6. The highest BCUT2D eigenvalue weighted by Gasteiger charge is 2.32. The number of carbonyl (C=O) groups excluding carboxylic acids is 4. The number of hydrogen-bond acceptors (Lipinski definition) is 8. The molecule has 13 nitrogen and oxygen atoms in total. The predicted molar refractivity (Wildman–Crippen MR) is 135 cm³/mol. The summed E-state index contributed by atoms with van der Waals surface area (Å²) >= 11 is 0. The Morgan fingerprint density at radius 3 is 1.83 bits per heavy atom. The van der Waals surface area contributed by atoms with Crippen molar-refractivity contribution in [1.82, 2.24) is 16.0 Å². The highest BCUT2D eigenvalue weighted by atomic mass is 16.4. The minimum Gasteiger partial charge on any atom is -0.480 e. The molecule has 0 fully saturated rings. The van der Waals surface area contributed by atoms with E-state index in [-0.39, 0.29) is 25.2 Å². The molecule has 0 spiro atoms. The third-order valence-electron chi connectivity index (χ3n) is 5.97. The van der Waals surface area contributed by atoms with E-state index in [1.165, 1.54) is 0 Å². The molecule has 0 aliphatic rings. The van der Waals surface area contributed by atoms with E-state index in [1.54, 1.807) is 6.92 Å². The molecule has 0 aliphatic carbocycles. The van der Waals surface area contributed by atoms with Crippen LogP contribution in [0, 0.1) is 5.92 Å². The van der Waals surface area contributed by atoms with Gasteiger partial charge in [-0.3, -0.25) is 19.2 Å². The van der Waals surface area contributed by atoms with Crippen molar-refractivity contribution >= 4 is 29.6 Å². The number of carbonyl (C=O) groups is 5. The van der Waals surface area contributed by atoms with Gasteiger partial charge in [-0.15, -0.1) is 0 Å². The molecule has 0 aliphatic heterocycles. The number of carboxylic acids is 1. The number of carboxylic acid groups (broad SMARTS) is 1. The molecule has 5 atom stereocenters. The average molecular weight is 516 g/mol. The highest BCUT2D eigenvalue weighted by Crippen LogP contribution is 2.11. The van der Waals surface area contributed by atoms with Gasteiger partial charge in [0.2, 0.25) is 23.6 Å². The number of primary amides is 1. The molecular formula is C23H45N7O6. The topological polar surface area (TPSA) is 246 Å². The van der Waals surface area contributed by atoms with Crippen LogP contribution in [0.4, 0.5) is 0 Å². The molecule has 0 aromatic heterocycles. The van der Waals surface area contributed by atoms with Gasteiger partial charge < -0.3 is 44.0 Å². The summed E-state index contributed by atoms with van der Waals surface area (Å²) in [5.74, 6) is -4.15. The molecule has 0 bridgehead atoms. The Balaban J connectivity index is 5.50. The van der Waals surface area contributed by atoms with Gasteiger partial charge in [0.25, 0.3) is 0 Å². The fourth-order valence-electron chi connectivity index (χ4n) is 3.44. The van der Waals surface area contributed by atoms with E-state index in [4.69, 9.17) is 22.9 Å². The Kier molecular flexibility index (Phi) is 17.1. The van der Waals surface area contributed by atoms with Gasteiger partial charge in [0, 0.05) is 6.42 Å². The highest BCUT2D eigenvalue weighted by molar-refractivity contribution is 5.94. The summed E-state index contributed by atoms with van der Waals surface area (Å²) in [6, 6.07) is -4.17. The van der Waals surface area contributed by atoms with Gasteiger partial charge >= 0.3 is 5.97 Å². The van der Waals surface area contributed by atoms with Crippen molar-refractivity contribution in [3.63, 3.8) is 0 Å². The van der Waals surface area contributed by atoms with E-state index >= 15 is 0 Å². The molecule has 36 heavy (non-hydrogen) atoms. The van der Waals surface area contributed by atoms with E-state index in [2.05, 4.69) is 16.0 Å².